The first-order chi connectivity index (χ1) is 7.58. The lowest BCUT2D eigenvalue weighted by atomic mass is 10.2. The zero-order valence-electron chi connectivity index (χ0n) is 9.57. The van der Waals surface area contributed by atoms with Crippen LogP contribution in [-0.4, -0.2) is 23.4 Å². The highest BCUT2D eigenvalue weighted by molar-refractivity contribution is 9.11. The molecule has 0 unspecified atom stereocenters. The molecule has 16 heavy (non-hydrogen) atoms. The van der Waals surface area contributed by atoms with Crippen molar-refractivity contribution in [1.82, 2.24) is 4.90 Å². The van der Waals surface area contributed by atoms with Crippen molar-refractivity contribution < 1.29 is 4.79 Å². The maximum Gasteiger partial charge on any atom is 0.264 e. The van der Waals surface area contributed by atoms with Gasteiger partial charge in [-0.05, 0) is 46.8 Å². The summed E-state index contributed by atoms with van der Waals surface area (Å²) in [5.41, 5.74) is 0. The van der Waals surface area contributed by atoms with E-state index in [4.69, 9.17) is 0 Å². The molecule has 0 N–H and O–H groups in total. The molecule has 1 heterocycles. The molecule has 2 rings (SSSR count). The number of amides is 1. The molecule has 0 aromatic carbocycles. The van der Waals surface area contributed by atoms with Crippen molar-refractivity contribution in [3.05, 3.63) is 20.8 Å². The fraction of sp³-hybridized carbons (Fsp3) is 0.583. The standard InChI is InChI=1S/C12H16BrNOS/c1-8(2)7-14(9-3-4-9)12(15)10-5-6-11(13)16-10/h5-6,8-9H,3-4,7H2,1-2H3. The van der Waals surface area contributed by atoms with Gasteiger partial charge in [0.25, 0.3) is 5.91 Å². The van der Waals surface area contributed by atoms with Gasteiger partial charge in [-0.15, -0.1) is 11.3 Å². The Morgan fingerprint density at radius 2 is 2.25 bits per heavy atom. The number of thiophene rings is 1. The van der Waals surface area contributed by atoms with Gasteiger partial charge in [-0.25, -0.2) is 0 Å². The smallest absolute Gasteiger partial charge is 0.264 e. The first-order valence-corrected chi connectivity index (χ1v) is 7.25. The fourth-order valence-corrected chi connectivity index (χ4v) is 3.09. The highest BCUT2D eigenvalue weighted by atomic mass is 79.9. The Morgan fingerprint density at radius 3 is 2.69 bits per heavy atom. The second-order valence-corrected chi connectivity index (χ2v) is 7.15. The number of carbonyl (C=O) groups excluding carboxylic acids is 1. The zero-order valence-corrected chi connectivity index (χ0v) is 12.0. The highest BCUT2D eigenvalue weighted by Crippen LogP contribution is 2.31. The molecule has 1 aromatic rings. The van der Waals surface area contributed by atoms with Crippen LogP contribution < -0.4 is 0 Å². The van der Waals surface area contributed by atoms with Crippen LogP contribution >= 0.6 is 27.3 Å². The van der Waals surface area contributed by atoms with Gasteiger partial charge in [-0.3, -0.25) is 4.79 Å². The number of nitrogens with zero attached hydrogens (tertiary/aromatic N) is 1. The maximum atomic E-state index is 12.3. The Bertz CT molecular complexity index is 384. The van der Waals surface area contributed by atoms with Gasteiger partial charge in [-0.2, -0.15) is 0 Å². The minimum absolute atomic E-state index is 0.201. The third-order valence-electron chi connectivity index (χ3n) is 2.59. The van der Waals surface area contributed by atoms with Crippen molar-refractivity contribution in [3.63, 3.8) is 0 Å². The number of hydrogen-bond donors (Lipinski definition) is 0. The van der Waals surface area contributed by atoms with Gasteiger partial charge in [0, 0.05) is 12.6 Å². The van der Waals surface area contributed by atoms with E-state index in [0.717, 1.165) is 15.2 Å². The predicted molar refractivity (Wildman–Crippen MR) is 70.9 cm³/mol. The van der Waals surface area contributed by atoms with Gasteiger partial charge in [0.2, 0.25) is 0 Å². The maximum absolute atomic E-state index is 12.3. The first-order valence-electron chi connectivity index (χ1n) is 5.64. The first kappa shape index (κ1) is 12.1. The van der Waals surface area contributed by atoms with Crippen molar-refractivity contribution in [2.45, 2.75) is 32.7 Å². The minimum Gasteiger partial charge on any atom is -0.335 e. The Balaban J connectivity index is 2.10. The van der Waals surface area contributed by atoms with Gasteiger partial charge in [-0.1, -0.05) is 13.8 Å². The van der Waals surface area contributed by atoms with E-state index in [9.17, 15) is 4.79 Å². The lowest BCUT2D eigenvalue weighted by Crippen LogP contribution is -2.35. The molecule has 1 aliphatic rings. The molecule has 0 saturated heterocycles. The molecule has 0 spiro atoms. The molecule has 1 fully saturated rings. The van der Waals surface area contributed by atoms with Crippen molar-refractivity contribution in [2.24, 2.45) is 5.92 Å². The summed E-state index contributed by atoms with van der Waals surface area (Å²) < 4.78 is 1.02. The van der Waals surface area contributed by atoms with Crippen LogP contribution in [0, 0.1) is 5.92 Å². The van der Waals surface area contributed by atoms with E-state index >= 15 is 0 Å². The van der Waals surface area contributed by atoms with E-state index in [1.54, 1.807) is 0 Å². The van der Waals surface area contributed by atoms with E-state index in [1.807, 2.05) is 17.0 Å². The molecular formula is C12H16BrNOS. The van der Waals surface area contributed by atoms with Crippen LogP contribution in [0.25, 0.3) is 0 Å². The third-order valence-corrected chi connectivity index (χ3v) is 4.21. The predicted octanol–water partition coefficient (Wildman–Crippen LogP) is 3.77. The van der Waals surface area contributed by atoms with E-state index in [1.165, 1.54) is 24.2 Å². The van der Waals surface area contributed by atoms with Gasteiger partial charge < -0.3 is 4.90 Å². The summed E-state index contributed by atoms with van der Waals surface area (Å²) in [6.07, 6.45) is 2.34. The van der Waals surface area contributed by atoms with Crippen LogP contribution in [0.15, 0.2) is 15.9 Å². The number of rotatable bonds is 4. The van der Waals surface area contributed by atoms with Crippen LogP contribution in [0.3, 0.4) is 0 Å². The minimum atomic E-state index is 0.201. The molecule has 0 radical (unpaired) electrons. The molecule has 1 amide bonds. The van der Waals surface area contributed by atoms with Crippen molar-refractivity contribution in [1.29, 1.82) is 0 Å². The topological polar surface area (TPSA) is 20.3 Å². The molecule has 1 saturated carbocycles. The molecule has 0 aliphatic heterocycles. The summed E-state index contributed by atoms with van der Waals surface area (Å²) in [6, 6.07) is 4.35. The van der Waals surface area contributed by atoms with Crippen LogP contribution in [-0.2, 0) is 0 Å². The van der Waals surface area contributed by atoms with E-state index < -0.39 is 0 Å². The molecule has 88 valence electrons. The Hall–Kier alpha value is -0.350. The average molecular weight is 302 g/mol. The highest BCUT2D eigenvalue weighted by Gasteiger charge is 2.33. The van der Waals surface area contributed by atoms with Crippen molar-refractivity contribution in [3.8, 4) is 0 Å². The number of halogens is 1. The molecule has 4 heteroatoms. The summed E-state index contributed by atoms with van der Waals surface area (Å²) in [5, 5.41) is 0. The lowest BCUT2D eigenvalue weighted by Gasteiger charge is -2.23. The van der Waals surface area contributed by atoms with Crippen molar-refractivity contribution >= 4 is 33.2 Å². The average Bonchev–Trinajstić information content (AvgIpc) is 2.96. The number of carbonyl (C=O) groups is 1. The van der Waals surface area contributed by atoms with E-state index in [0.29, 0.717) is 12.0 Å². The van der Waals surface area contributed by atoms with Crippen LogP contribution in [0.1, 0.15) is 36.4 Å². The largest absolute Gasteiger partial charge is 0.335 e. The summed E-state index contributed by atoms with van der Waals surface area (Å²) in [6.45, 7) is 5.19. The summed E-state index contributed by atoms with van der Waals surface area (Å²) in [4.78, 5) is 15.2. The van der Waals surface area contributed by atoms with Crippen LogP contribution in [0.2, 0.25) is 0 Å². The van der Waals surface area contributed by atoms with Crippen LogP contribution in [0.5, 0.6) is 0 Å². The number of hydrogen-bond acceptors (Lipinski definition) is 2. The van der Waals surface area contributed by atoms with E-state index in [-0.39, 0.29) is 5.91 Å². The second kappa shape index (κ2) is 4.88. The van der Waals surface area contributed by atoms with Gasteiger partial charge in [0.05, 0.1) is 8.66 Å². The molecule has 1 aromatic heterocycles. The molecular weight excluding hydrogens is 286 g/mol. The lowest BCUT2D eigenvalue weighted by molar-refractivity contribution is 0.0727. The summed E-state index contributed by atoms with van der Waals surface area (Å²) >= 11 is 4.92. The van der Waals surface area contributed by atoms with Crippen LogP contribution in [0.4, 0.5) is 0 Å². The van der Waals surface area contributed by atoms with Crippen molar-refractivity contribution in [2.75, 3.05) is 6.54 Å². The fourth-order valence-electron chi connectivity index (χ4n) is 1.75. The molecule has 0 atom stereocenters. The second-order valence-electron chi connectivity index (χ2n) is 4.69. The Labute approximate surface area is 109 Å². The normalized spacial score (nSPS) is 15.5. The molecule has 2 nitrogen and oxygen atoms in total. The third kappa shape index (κ3) is 2.86. The monoisotopic (exact) mass is 301 g/mol. The molecule has 0 bridgehead atoms. The summed E-state index contributed by atoms with van der Waals surface area (Å²) in [5.74, 6) is 0.736. The van der Waals surface area contributed by atoms with Gasteiger partial charge >= 0.3 is 0 Å². The summed E-state index contributed by atoms with van der Waals surface area (Å²) in [7, 11) is 0. The Kier molecular flexibility index (Phi) is 3.70. The molecule has 1 aliphatic carbocycles. The van der Waals surface area contributed by atoms with E-state index in [2.05, 4.69) is 29.8 Å². The van der Waals surface area contributed by atoms with Gasteiger partial charge in [0.1, 0.15) is 0 Å². The SMILES string of the molecule is CC(C)CN(C(=O)c1ccc(Br)s1)C1CC1. The zero-order chi connectivity index (χ0) is 11.7. The Morgan fingerprint density at radius 1 is 1.56 bits per heavy atom. The quantitative estimate of drug-likeness (QED) is 0.829. The van der Waals surface area contributed by atoms with Gasteiger partial charge in [0.15, 0.2) is 0 Å².